The Balaban J connectivity index is 2.14. The second-order valence-corrected chi connectivity index (χ2v) is 4.16. The van der Waals surface area contributed by atoms with E-state index in [9.17, 15) is 4.79 Å². The molecular weight excluding hydrogens is 204 g/mol. The van der Waals surface area contributed by atoms with Gasteiger partial charge in [-0.25, -0.2) is 4.79 Å². The maximum atomic E-state index is 11.8. The molecule has 4 heteroatoms. The third kappa shape index (κ3) is 1.41. The Labute approximate surface area is 93.0 Å². The molecule has 1 saturated heterocycles. The van der Waals surface area contributed by atoms with Crippen molar-refractivity contribution in [1.29, 1.82) is 0 Å². The Bertz CT molecular complexity index is 549. The second-order valence-electron chi connectivity index (χ2n) is 4.16. The van der Waals surface area contributed by atoms with Gasteiger partial charge in [0, 0.05) is 13.1 Å². The molecule has 0 spiro atoms. The lowest BCUT2D eigenvalue weighted by atomic mass is 10.2. The molecule has 0 saturated carbocycles. The van der Waals surface area contributed by atoms with Gasteiger partial charge in [-0.1, -0.05) is 12.1 Å². The summed E-state index contributed by atoms with van der Waals surface area (Å²) in [6.07, 6.45) is 3.54. The van der Waals surface area contributed by atoms with Crippen molar-refractivity contribution in [2.75, 3.05) is 18.1 Å². The first-order valence-electron chi connectivity index (χ1n) is 5.72. The quantitative estimate of drug-likeness (QED) is 0.731. The van der Waals surface area contributed by atoms with Crippen LogP contribution in [-0.4, -0.2) is 17.8 Å². The van der Waals surface area contributed by atoms with Gasteiger partial charge in [0.2, 0.25) is 0 Å². The molecule has 0 N–H and O–H groups in total. The van der Waals surface area contributed by atoms with Crippen molar-refractivity contribution in [2.45, 2.75) is 19.3 Å². The zero-order valence-corrected chi connectivity index (χ0v) is 9.06. The number of piperidine rings is 1. The number of hydrogen-bond donors (Lipinski definition) is 0. The van der Waals surface area contributed by atoms with E-state index in [4.69, 9.17) is 4.42 Å². The standard InChI is InChI=1S/C12H14N2O2/c15-12-14(13-8-4-1-5-9-13)10-6-2-3-7-11(10)16-12/h2-3,6-7H,1,4-5,8-9H2. The van der Waals surface area contributed by atoms with E-state index in [1.165, 1.54) is 6.42 Å². The van der Waals surface area contributed by atoms with E-state index in [1.807, 2.05) is 24.3 Å². The molecule has 2 heterocycles. The van der Waals surface area contributed by atoms with Gasteiger partial charge in [-0.15, -0.1) is 0 Å². The molecule has 0 amide bonds. The topological polar surface area (TPSA) is 38.4 Å². The van der Waals surface area contributed by atoms with Crippen LogP contribution in [0.25, 0.3) is 11.1 Å². The molecule has 4 nitrogen and oxygen atoms in total. The minimum absolute atomic E-state index is 0.275. The molecule has 0 radical (unpaired) electrons. The van der Waals surface area contributed by atoms with Crippen molar-refractivity contribution in [3.63, 3.8) is 0 Å². The molecule has 84 valence electrons. The summed E-state index contributed by atoms with van der Waals surface area (Å²) in [7, 11) is 0. The van der Waals surface area contributed by atoms with Crippen LogP contribution >= 0.6 is 0 Å². The van der Waals surface area contributed by atoms with E-state index >= 15 is 0 Å². The van der Waals surface area contributed by atoms with Crippen molar-refractivity contribution in [3.05, 3.63) is 34.8 Å². The summed E-state index contributed by atoms with van der Waals surface area (Å²) < 4.78 is 6.89. The van der Waals surface area contributed by atoms with Crippen LogP contribution in [0.4, 0.5) is 0 Å². The number of para-hydroxylation sites is 2. The van der Waals surface area contributed by atoms with Crippen molar-refractivity contribution in [3.8, 4) is 0 Å². The molecule has 1 aliphatic rings. The maximum Gasteiger partial charge on any atom is 0.438 e. The third-order valence-electron chi connectivity index (χ3n) is 3.08. The molecule has 1 fully saturated rings. The summed E-state index contributed by atoms with van der Waals surface area (Å²) >= 11 is 0. The average Bonchev–Trinajstić information content (AvgIpc) is 2.66. The minimum Gasteiger partial charge on any atom is -0.406 e. The molecule has 0 atom stereocenters. The first-order chi connectivity index (χ1) is 7.86. The molecule has 1 aliphatic heterocycles. The summed E-state index contributed by atoms with van der Waals surface area (Å²) in [6.45, 7) is 1.87. The van der Waals surface area contributed by atoms with E-state index in [0.717, 1.165) is 31.4 Å². The van der Waals surface area contributed by atoms with Crippen LogP contribution in [0.3, 0.4) is 0 Å². The Kier molecular flexibility index (Phi) is 2.20. The van der Waals surface area contributed by atoms with Crippen LogP contribution in [0, 0.1) is 0 Å². The zero-order valence-electron chi connectivity index (χ0n) is 9.06. The lowest BCUT2D eigenvalue weighted by molar-refractivity contribution is 0.438. The van der Waals surface area contributed by atoms with Gasteiger partial charge in [0.25, 0.3) is 0 Å². The Morgan fingerprint density at radius 3 is 2.62 bits per heavy atom. The highest BCUT2D eigenvalue weighted by Crippen LogP contribution is 2.15. The highest BCUT2D eigenvalue weighted by molar-refractivity contribution is 5.72. The van der Waals surface area contributed by atoms with Crippen molar-refractivity contribution in [1.82, 2.24) is 4.68 Å². The summed E-state index contributed by atoms with van der Waals surface area (Å²) in [5.41, 5.74) is 1.53. The van der Waals surface area contributed by atoms with E-state index in [0.29, 0.717) is 5.58 Å². The first-order valence-corrected chi connectivity index (χ1v) is 5.72. The van der Waals surface area contributed by atoms with Crippen molar-refractivity contribution >= 4 is 11.1 Å². The number of rotatable bonds is 1. The predicted octanol–water partition coefficient (Wildman–Crippen LogP) is 1.72. The molecule has 0 bridgehead atoms. The van der Waals surface area contributed by atoms with Gasteiger partial charge in [-0.2, -0.15) is 4.68 Å². The molecule has 2 aromatic rings. The smallest absolute Gasteiger partial charge is 0.406 e. The molecule has 0 unspecified atom stereocenters. The number of hydrogen-bond acceptors (Lipinski definition) is 3. The monoisotopic (exact) mass is 218 g/mol. The Hall–Kier alpha value is -1.71. The van der Waals surface area contributed by atoms with Crippen molar-refractivity contribution in [2.24, 2.45) is 0 Å². The summed E-state index contributed by atoms with van der Waals surface area (Å²) in [6, 6.07) is 7.57. The third-order valence-corrected chi connectivity index (χ3v) is 3.08. The fourth-order valence-electron chi connectivity index (χ4n) is 2.30. The maximum absolute atomic E-state index is 11.8. The van der Waals surface area contributed by atoms with Crippen LogP contribution in [0.5, 0.6) is 0 Å². The van der Waals surface area contributed by atoms with E-state index < -0.39 is 0 Å². The second kappa shape index (κ2) is 3.70. The fraction of sp³-hybridized carbons (Fsp3) is 0.417. The molecular formula is C12H14N2O2. The van der Waals surface area contributed by atoms with Crippen LogP contribution in [0.15, 0.2) is 33.5 Å². The van der Waals surface area contributed by atoms with E-state index in [1.54, 1.807) is 4.68 Å². The zero-order chi connectivity index (χ0) is 11.0. The van der Waals surface area contributed by atoms with Gasteiger partial charge >= 0.3 is 5.76 Å². The van der Waals surface area contributed by atoms with Crippen LogP contribution in [0.2, 0.25) is 0 Å². The molecule has 3 rings (SSSR count). The predicted molar refractivity (Wildman–Crippen MR) is 62.3 cm³/mol. The van der Waals surface area contributed by atoms with Crippen LogP contribution in [-0.2, 0) is 0 Å². The van der Waals surface area contributed by atoms with Gasteiger partial charge in [0.1, 0.15) is 5.52 Å². The highest BCUT2D eigenvalue weighted by Gasteiger charge is 2.17. The lowest BCUT2D eigenvalue weighted by Crippen LogP contribution is -2.43. The first kappa shape index (κ1) is 9.51. The fourth-order valence-corrected chi connectivity index (χ4v) is 2.30. The average molecular weight is 218 g/mol. The number of oxazole rings is 1. The summed E-state index contributed by atoms with van der Waals surface area (Å²) in [4.78, 5) is 11.8. The highest BCUT2D eigenvalue weighted by atomic mass is 16.4. The lowest BCUT2D eigenvalue weighted by Gasteiger charge is -2.28. The molecule has 1 aromatic carbocycles. The van der Waals surface area contributed by atoms with E-state index in [-0.39, 0.29) is 5.76 Å². The normalized spacial score (nSPS) is 16.9. The molecule has 0 aliphatic carbocycles. The van der Waals surface area contributed by atoms with Crippen molar-refractivity contribution < 1.29 is 4.42 Å². The van der Waals surface area contributed by atoms with Crippen LogP contribution in [0.1, 0.15) is 19.3 Å². The van der Waals surface area contributed by atoms with Gasteiger partial charge in [0.05, 0.1) is 0 Å². The number of aromatic nitrogens is 1. The van der Waals surface area contributed by atoms with Gasteiger partial charge in [-0.3, -0.25) is 0 Å². The van der Waals surface area contributed by atoms with Gasteiger partial charge < -0.3 is 9.43 Å². The number of fused-ring (bicyclic) bond motifs is 1. The van der Waals surface area contributed by atoms with Gasteiger partial charge in [0.15, 0.2) is 5.58 Å². The largest absolute Gasteiger partial charge is 0.438 e. The summed E-state index contributed by atoms with van der Waals surface area (Å²) in [5, 5.41) is 2.08. The minimum atomic E-state index is -0.275. The molecule has 1 aromatic heterocycles. The van der Waals surface area contributed by atoms with Crippen LogP contribution < -0.4 is 10.8 Å². The Morgan fingerprint density at radius 1 is 1.06 bits per heavy atom. The van der Waals surface area contributed by atoms with E-state index in [2.05, 4.69) is 5.01 Å². The SMILES string of the molecule is O=c1oc2ccccc2n1N1CCCCC1. The number of benzene rings is 1. The number of nitrogens with zero attached hydrogens (tertiary/aromatic N) is 2. The van der Waals surface area contributed by atoms with Gasteiger partial charge in [-0.05, 0) is 31.4 Å². The molecule has 16 heavy (non-hydrogen) atoms. The Morgan fingerprint density at radius 2 is 1.81 bits per heavy atom. The summed E-state index contributed by atoms with van der Waals surface area (Å²) in [5.74, 6) is -0.275.